The molecule has 1 saturated heterocycles. The molecule has 0 spiro atoms. The van der Waals surface area contributed by atoms with E-state index in [1.807, 2.05) is 30.3 Å². The van der Waals surface area contributed by atoms with E-state index in [1.165, 1.54) is 0 Å². The van der Waals surface area contributed by atoms with Crippen LogP contribution in [0.25, 0.3) is 0 Å². The number of para-hydroxylation sites is 1. The summed E-state index contributed by atoms with van der Waals surface area (Å²) < 4.78 is 0. The van der Waals surface area contributed by atoms with Gasteiger partial charge in [0.25, 0.3) is 5.91 Å². The fraction of sp³-hybridized carbons (Fsp3) is 0.333. The second kappa shape index (κ2) is 8.01. The lowest BCUT2D eigenvalue weighted by molar-refractivity contribution is -0.135. The number of carbonyl (C=O) groups is 2. The summed E-state index contributed by atoms with van der Waals surface area (Å²) in [7, 11) is 3.49. The molecule has 1 aliphatic rings. The summed E-state index contributed by atoms with van der Waals surface area (Å²) in [6.07, 6.45) is 1.42. The number of piperidine rings is 1. The Bertz CT molecular complexity index is 808. The number of likely N-dealkylation sites (tertiary alicyclic amines) is 1. The minimum absolute atomic E-state index is 0.0278. The summed E-state index contributed by atoms with van der Waals surface area (Å²) in [5.41, 5.74) is 0.603. The molecule has 6 heteroatoms. The number of nitrogens with zero attached hydrogens (tertiary/aromatic N) is 2. The minimum atomic E-state index is -0.842. The van der Waals surface area contributed by atoms with E-state index in [0.717, 1.165) is 12.1 Å². The molecule has 27 heavy (non-hydrogen) atoms. The molecule has 0 bridgehead atoms. The number of hydrogen-bond acceptors (Lipinski definition) is 3. The normalized spacial score (nSPS) is 19.4. The van der Waals surface area contributed by atoms with E-state index in [0.29, 0.717) is 30.1 Å². The number of nitrogens with one attached hydrogen (secondary N) is 1. The molecule has 1 N–H and O–H groups in total. The molecule has 0 saturated carbocycles. The zero-order chi connectivity index (χ0) is 19.4. The van der Waals surface area contributed by atoms with Gasteiger partial charge in [-0.2, -0.15) is 0 Å². The number of rotatable bonds is 4. The fourth-order valence-corrected chi connectivity index (χ4v) is 3.69. The third kappa shape index (κ3) is 4.25. The van der Waals surface area contributed by atoms with Crippen LogP contribution in [0.1, 0.15) is 23.2 Å². The molecule has 1 fully saturated rings. The Kier molecular flexibility index (Phi) is 5.71. The predicted octanol–water partition coefficient (Wildman–Crippen LogP) is 3.52. The Hall–Kier alpha value is -2.53. The molecule has 0 radical (unpaired) electrons. The maximum Gasteiger partial charge on any atom is 0.253 e. The van der Waals surface area contributed by atoms with Crippen molar-refractivity contribution in [3.63, 3.8) is 0 Å². The lowest BCUT2D eigenvalue weighted by Gasteiger charge is -2.43. The number of carbonyl (C=O) groups excluding carboxylic acids is 2. The van der Waals surface area contributed by atoms with Gasteiger partial charge in [0, 0.05) is 36.9 Å². The summed E-state index contributed by atoms with van der Waals surface area (Å²) in [5, 5.41) is 4.01. The lowest BCUT2D eigenvalue weighted by Crippen LogP contribution is -2.62. The minimum Gasteiger partial charge on any atom is -0.370 e. The van der Waals surface area contributed by atoms with E-state index in [-0.39, 0.29) is 11.8 Å². The van der Waals surface area contributed by atoms with Crippen molar-refractivity contribution < 1.29 is 9.59 Å². The van der Waals surface area contributed by atoms with Crippen molar-refractivity contribution in [2.45, 2.75) is 18.4 Å². The Morgan fingerprint density at radius 3 is 2.37 bits per heavy atom. The van der Waals surface area contributed by atoms with Crippen molar-refractivity contribution in [3.05, 3.63) is 65.2 Å². The van der Waals surface area contributed by atoms with Crippen LogP contribution >= 0.6 is 11.6 Å². The van der Waals surface area contributed by atoms with Crippen LogP contribution in [0.5, 0.6) is 0 Å². The van der Waals surface area contributed by atoms with Crippen molar-refractivity contribution >= 4 is 29.1 Å². The van der Waals surface area contributed by atoms with Crippen molar-refractivity contribution in [2.75, 3.05) is 32.5 Å². The highest BCUT2D eigenvalue weighted by Gasteiger charge is 2.44. The van der Waals surface area contributed by atoms with Gasteiger partial charge in [-0.15, -0.1) is 0 Å². The van der Waals surface area contributed by atoms with Crippen LogP contribution in [0.4, 0.5) is 5.69 Å². The topological polar surface area (TPSA) is 52.7 Å². The maximum atomic E-state index is 13.1. The number of amides is 2. The molecule has 2 amide bonds. The molecule has 0 aliphatic carbocycles. The van der Waals surface area contributed by atoms with Gasteiger partial charge in [-0.3, -0.25) is 9.59 Å². The fourth-order valence-electron chi connectivity index (χ4n) is 3.56. The van der Waals surface area contributed by atoms with Gasteiger partial charge in [-0.1, -0.05) is 29.8 Å². The molecule has 2 aromatic carbocycles. The highest BCUT2D eigenvalue weighted by Crippen LogP contribution is 2.29. The summed E-state index contributed by atoms with van der Waals surface area (Å²) in [6, 6.07) is 16.5. The largest absolute Gasteiger partial charge is 0.370 e. The summed E-state index contributed by atoms with van der Waals surface area (Å²) in [4.78, 5) is 29.4. The number of hydrogen-bond donors (Lipinski definition) is 1. The molecular formula is C21H24ClN3O2. The van der Waals surface area contributed by atoms with Gasteiger partial charge in [0.1, 0.15) is 5.54 Å². The average Bonchev–Trinajstić information content (AvgIpc) is 2.68. The Balaban J connectivity index is 1.88. The monoisotopic (exact) mass is 385 g/mol. The zero-order valence-corrected chi connectivity index (χ0v) is 16.4. The van der Waals surface area contributed by atoms with Gasteiger partial charge < -0.3 is 15.1 Å². The summed E-state index contributed by atoms with van der Waals surface area (Å²) in [6.45, 7) is 0.945. The lowest BCUT2D eigenvalue weighted by atomic mass is 9.86. The van der Waals surface area contributed by atoms with Crippen LogP contribution in [-0.2, 0) is 4.79 Å². The van der Waals surface area contributed by atoms with Crippen molar-refractivity contribution in [3.8, 4) is 0 Å². The standard InChI is InChI=1S/C21H24ClN3O2/c1-24(2)20(27)21(23-18-7-4-3-5-8-18)13-6-14-25(15-21)19(26)16-9-11-17(22)12-10-16/h3-5,7-12,23H,6,13-15H2,1-2H3. The second-order valence-corrected chi connectivity index (χ2v) is 7.55. The van der Waals surface area contributed by atoms with E-state index in [4.69, 9.17) is 11.6 Å². The molecule has 2 aromatic rings. The number of benzene rings is 2. The van der Waals surface area contributed by atoms with Crippen LogP contribution in [0.2, 0.25) is 5.02 Å². The van der Waals surface area contributed by atoms with Crippen molar-refractivity contribution in [1.29, 1.82) is 0 Å². The smallest absolute Gasteiger partial charge is 0.253 e. The first-order chi connectivity index (χ1) is 12.9. The number of anilines is 1. The molecule has 142 valence electrons. The molecule has 3 rings (SSSR count). The average molecular weight is 386 g/mol. The first-order valence-electron chi connectivity index (χ1n) is 9.01. The molecule has 1 atom stereocenters. The van der Waals surface area contributed by atoms with Gasteiger partial charge in [-0.25, -0.2) is 0 Å². The van der Waals surface area contributed by atoms with Gasteiger partial charge in [-0.05, 0) is 49.2 Å². The van der Waals surface area contributed by atoms with Crippen LogP contribution in [0.3, 0.4) is 0 Å². The van der Waals surface area contributed by atoms with E-state index in [9.17, 15) is 9.59 Å². The van der Waals surface area contributed by atoms with Crippen LogP contribution in [-0.4, -0.2) is 54.3 Å². The van der Waals surface area contributed by atoms with Crippen LogP contribution < -0.4 is 5.32 Å². The molecular weight excluding hydrogens is 362 g/mol. The summed E-state index contributed by atoms with van der Waals surface area (Å²) in [5.74, 6) is -0.114. The molecule has 1 unspecified atom stereocenters. The SMILES string of the molecule is CN(C)C(=O)C1(Nc2ccccc2)CCCN(C(=O)c2ccc(Cl)cc2)C1. The number of likely N-dealkylation sites (N-methyl/N-ethyl adjacent to an activating group) is 1. The molecule has 1 heterocycles. The molecule has 1 aliphatic heterocycles. The van der Waals surface area contributed by atoms with Gasteiger partial charge >= 0.3 is 0 Å². The highest BCUT2D eigenvalue weighted by atomic mass is 35.5. The van der Waals surface area contributed by atoms with E-state index >= 15 is 0 Å². The van der Waals surface area contributed by atoms with Crippen LogP contribution in [0, 0.1) is 0 Å². The first-order valence-corrected chi connectivity index (χ1v) is 9.39. The zero-order valence-electron chi connectivity index (χ0n) is 15.6. The molecule has 5 nitrogen and oxygen atoms in total. The molecule has 0 aromatic heterocycles. The Labute approximate surface area is 164 Å². The van der Waals surface area contributed by atoms with Crippen LogP contribution in [0.15, 0.2) is 54.6 Å². The summed E-state index contributed by atoms with van der Waals surface area (Å²) >= 11 is 5.93. The van der Waals surface area contributed by atoms with E-state index in [2.05, 4.69) is 5.32 Å². The van der Waals surface area contributed by atoms with Gasteiger partial charge in [0.2, 0.25) is 5.91 Å². The predicted molar refractivity (Wildman–Crippen MR) is 108 cm³/mol. The maximum absolute atomic E-state index is 13.1. The van der Waals surface area contributed by atoms with Crippen molar-refractivity contribution in [2.24, 2.45) is 0 Å². The highest BCUT2D eigenvalue weighted by molar-refractivity contribution is 6.30. The Morgan fingerprint density at radius 2 is 1.74 bits per heavy atom. The third-order valence-corrected chi connectivity index (χ3v) is 5.10. The first kappa shape index (κ1) is 19.2. The van der Waals surface area contributed by atoms with Gasteiger partial charge in [0.05, 0.1) is 6.54 Å². The third-order valence-electron chi connectivity index (χ3n) is 4.84. The van der Waals surface area contributed by atoms with Crippen molar-refractivity contribution in [1.82, 2.24) is 9.80 Å². The Morgan fingerprint density at radius 1 is 1.07 bits per heavy atom. The van der Waals surface area contributed by atoms with Gasteiger partial charge in [0.15, 0.2) is 0 Å². The van der Waals surface area contributed by atoms with E-state index < -0.39 is 5.54 Å². The number of halogens is 1. The second-order valence-electron chi connectivity index (χ2n) is 7.11. The quantitative estimate of drug-likeness (QED) is 0.876. The van der Waals surface area contributed by atoms with E-state index in [1.54, 1.807) is 48.2 Å².